The van der Waals surface area contributed by atoms with Crippen LogP contribution in [0.5, 0.6) is 0 Å². The fourth-order valence-electron chi connectivity index (χ4n) is 4.62. The molecule has 0 aromatic carbocycles. The first-order valence-corrected chi connectivity index (χ1v) is 10.0. The van der Waals surface area contributed by atoms with Gasteiger partial charge in [0.25, 0.3) is 5.56 Å². The van der Waals surface area contributed by atoms with Crippen molar-refractivity contribution in [1.82, 2.24) is 19.4 Å². The van der Waals surface area contributed by atoms with Crippen molar-refractivity contribution in [1.29, 1.82) is 0 Å². The molecule has 0 N–H and O–H groups in total. The molecule has 0 saturated carbocycles. The fourth-order valence-corrected chi connectivity index (χ4v) is 4.73. The number of nitrogens with zero attached hydrogens (tertiary/aromatic N) is 4. The Morgan fingerprint density at radius 1 is 1.07 bits per heavy atom. The maximum absolute atomic E-state index is 12.8. The standard InChI is InChI=1S/C22H21ClN4O/c23-19-3-4-20(25-10-19)14-26-11-15-6-18(13-26)21-7-17(8-22(28)27(21)12-15)16-2-1-5-24-9-16/h1-5,7-10,15,18H,6,11-14H2/t15-,18+/m0/s1. The Labute approximate surface area is 168 Å². The van der Waals surface area contributed by atoms with Crippen LogP contribution in [0.1, 0.15) is 23.7 Å². The monoisotopic (exact) mass is 392 g/mol. The van der Waals surface area contributed by atoms with Crippen LogP contribution in [0.4, 0.5) is 0 Å². The van der Waals surface area contributed by atoms with E-state index in [4.69, 9.17) is 11.6 Å². The van der Waals surface area contributed by atoms with Crippen LogP contribution < -0.4 is 5.56 Å². The van der Waals surface area contributed by atoms with Crippen LogP contribution in [-0.2, 0) is 13.1 Å². The second-order valence-electron chi connectivity index (χ2n) is 7.82. The van der Waals surface area contributed by atoms with Gasteiger partial charge in [-0.15, -0.1) is 0 Å². The van der Waals surface area contributed by atoms with Crippen molar-refractivity contribution in [3.8, 4) is 11.1 Å². The Balaban J connectivity index is 1.44. The van der Waals surface area contributed by atoms with Crippen LogP contribution in [-0.4, -0.2) is 32.5 Å². The predicted octanol–water partition coefficient (Wildman–Crippen LogP) is 3.58. The lowest BCUT2D eigenvalue weighted by Crippen LogP contribution is -2.46. The number of pyridine rings is 3. The number of aromatic nitrogens is 3. The molecule has 3 aromatic rings. The molecule has 2 aliphatic rings. The molecule has 0 radical (unpaired) electrons. The lowest BCUT2D eigenvalue weighted by Gasteiger charge is -2.42. The van der Waals surface area contributed by atoms with E-state index < -0.39 is 0 Å². The summed E-state index contributed by atoms with van der Waals surface area (Å²) in [6.45, 7) is 3.55. The Morgan fingerprint density at radius 3 is 2.79 bits per heavy atom. The summed E-state index contributed by atoms with van der Waals surface area (Å²) in [5.41, 5.74) is 4.23. The third-order valence-electron chi connectivity index (χ3n) is 5.80. The van der Waals surface area contributed by atoms with Gasteiger partial charge in [0, 0.05) is 68.0 Å². The van der Waals surface area contributed by atoms with Crippen molar-refractivity contribution in [2.75, 3.05) is 13.1 Å². The average molecular weight is 393 g/mol. The highest BCUT2D eigenvalue weighted by Crippen LogP contribution is 2.36. The summed E-state index contributed by atoms with van der Waals surface area (Å²) in [6, 6.07) is 11.7. The molecule has 1 fully saturated rings. The summed E-state index contributed by atoms with van der Waals surface area (Å²) in [5, 5.41) is 0.662. The molecule has 2 atom stereocenters. The minimum Gasteiger partial charge on any atom is -0.312 e. The highest BCUT2D eigenvalue weighted by Gasteiger charge is 2.35. The Hall–Kier alpha value is -2.50. The van der Waals surface area contributed by atoms with Gasteiger partial charge in [0.1, 0.15) is 0 Å². The van der Waals surface area contributed by atoms with Gasteiger partial charge in [0.05, 0.1) is 10.7 Å². The molecule has 0 amide bonds. The van der Waals surface area contributed by atoms with Crippen molar-refractivity contribution in [2.24, 2.45) is 5.92 Å². The molecule has 2 bridgehead atoms. The van der Waals surface area contributed by atoms with Crippen LogP contribution in [0, 0.1) is 5.92 Å². The smallest absolute Gasteiger partial charge is 0.251 e. The van der Waals surface area contributed by atoms with E-state index in [0.29, 0.717) is 16.9 Å². The molecule has 0 spiro atoms. The molecule has 142 valence electrons. The van der Waals surface area contributed by atoms with Crippen molar-refractivity contribution < 1.29 is 0 Å². The van der Waals surface area contributed by atoms with E-state index in [1.165, 1.54) is 0 Å². The van der Waals surface area contributed by atoms with Crippen LogP contribution in [0.15, 0.2) is 59.8 Å². The number of halogens is 1. The van der Waals surface area contributed by atoms with Gasteiger partial charge >= 0.3 is 0 Å². The number of hydrogen-bond donors (Lipinski definition) is 0. The average Bonchev–Trinajstić information content (AvgIpc) is 2.71. The fraction of sp³-hybridized carbons (Fsp3) is 0.318. The molecule has 6 heteroatoms. The van der Waals surface area contributed by atoms with Gasteiger partial charge in [0.15, 0.2) is 0 Å². The lowest BCUT2D eigenvalue weighted by molar-refractivity contribution is 0.113. The number of fused-ring (bicyclic) bond motifs is 4. The number of piperidine rings is 1. The SMILES string of the molecule is O=c1cc(-c2cccnc2)cc2n1C[C@H]1C[C@@H]2CN(Cc2ccc(Cl)cn2)C1. The summed E-state index contributed by atoms with van der Waals surface area (Å²) in [6.07, 6.45) is 6.41. The van der Waals surface area contributed by atoms with Gasteiger partial charge in [-0.3, -0.25) is 19.7 Å². The number of rotatable bonds is 3. The minimum absolute atomic E-state index is 0.0962. The maximum atomic E-state index is 12.8. The Morgan fingerprint density at radius 2 is 2.00 bits per heavy atom. The van der Waals surface area contributed by atoms with E-state index >= 15 is 0 Å². The molecule has 28 heavy (non-hydrogen) atoms. The maximum Gasteiger partial charge on any atom is 0.251 e. The molecular formula is C22H21ClN4O. The minimum atomic E-state index is 0.0962. The summed E-state index contributed by atoms with van der Waals surface area (Å²) in [4.78, 5) is 23.9. The molecular weight excluding hydrogens is 372 g/mol. The van der Waals surface area contributed by atoms with E-state index in [0.717, 1.165) is 55.1 Å². The first-order valence-electron chi connectivity index (χ1n) is 9.63. The summed E-state index contributed by atoms with van der Waals surface area (Å²) in [5.74, 6) is 0.865. The summed E-state index contributed by atoms with van der Waals surface area (Å²) in [7, 11) is 0. The zero-order chi connectivity index (χ0) is 19.1. The molecule has 3 aromatic heterocycles. The second kappa shape index (κ2) is 7.15. The molecule has 5 heterocycles. The van der Waals surface area contributed by atoms with E-state index in [1.54, 1.807) is 18.5 Å². The third-order valence-corrected chi connectivity index (χ3v) is 6.02. The zero-order valence-corrected chi connectivity index (χ0v) is 16.2. The van der Waals surface area contributed by atoms with Gasteiger partial charge in [-0.1, -0.05) is 17.7 Å². The lowest BCUT2D eigenvalue weighted by atomic mass is 9.82. The summed E-state index contributed by atoms with van der Waals surface area (Å²) < 4.78 is 1.98. The first kappa shape index (κ1) is 17.6. The van der Waals surface area contributed by atoms with Crippen LogP contribution in [0.25, 0.3) is 11.1 Å². The van der Waals surface area contributed by atoms with E-state index in [-0.39, 0.29) is 5.56 Å². The first-order chi connectivity index (χ1) is 13.7. The van der Waals surface area contributed by atoms with Gasteiger partial charge < -0.3 is 4.57 Å². The number of likely N-dealkylation sites (tertiary alicyclic amines) is 1. The van der Waals surface area contributed by atoms with E-state index in [1.807, 2.05) is 35.0 Å². The van der Waals surface area contributed by atoms with Gasteiger partial charge in [-0.05, 0) is 42.2 Å². The third kappa shape index (κ3) is 3.36. The Kier molecular flexibility index (Phi) is 4.49. The van der Waals surface area contributed by atoms with Crippen LogP contribution >= 0.6 is 11.6 Å². The topological polar surface area (TPSA) is 51.0 Å². The molecule has 5 nitrogen and oxygen atoms in total. The van der Waals surface area contributed by atoms with Crippen molar-refractivity contribution in [2.45, 2.75) is 25.4 Å². The molecule has 0 aliphatic carbocycles. The molecule has 0 unspecified atom stereocenters. The second-order valence-corrected chi connectivity index (χ2v) is 8.26. The summed E-state index contributed by atoms with van der Waals surface area (Å²) >= 11 is 5.96. The zero-order valence-electron chi connectivity index (χ0n) is 15.5. The van der Waals surface area contributed by atoms with Crippen LogP contribution in [0.3, 0.4) is 0 Å². The molecule has 2 aliphatic heterocycles. The van der Waals surface area contributed by atoms with Crippen molar-refractivity contribution in [3.05, 3.63) is 81.8 Å². The van der Waals surface area contributed by atoms with Gasteiger partial charge in [-0.25, -0.2) is 0 Å². The highest BCUT2D eigenvalue weighted by atomic mass is 35.5. The number of hydrogen-bond acceptors (Lipinski definition) is 4. The predicted molar refractivity (Wildman–Crippen MR) is 109 cm³/mol. The van der Waals surface area contributed by atoms with Crippen LogP contribution in [0.2, 0.25) is 5.02 Å². The largest absolute Gasteiger partial charge is 0.312 e. The molecule has 5 rings (SSSR count). The van der Waals surface area contributed by atoms with Crippen molar-refractivity contribution >= 4 is 11.6 Å². The quantitative estimate of drug-likeness (QED) is 0.683. The van der Waals surface area contributed by atoms with Crippen molar-refractivity contribution in [3.63, 3.8) is 0 Å². The normalized spacial score (nSPS) is 21.3. The highest BCUT2D eigenvalue weighted by molar-refractivity contribution is 6.30. The van der Waals surface area contributed by atoms with E-state index in [9.17, 15) is 4.79 Å². The Bertz CT molecular complexity index is 1050. The van der Waals surface area contributed by atoms with E-state index in [2.05, 4.69) is 20.9 Å². The van der Waals surface area contributed by atoms with Gasteiger partial charge in [0.2, 0.25) is 0 Å². The molecule has 1 saturated heterocycles. The van der Waals surface area contributed by atoms with Gasteiger partial charge in [-0.2, -0.15) is 0 Å².